The first-order valence-corrected chi connectivity index (χ1v) is 6.48. The van der Waals surface area contributed by atoms with Crippen molar-refractivity contribution in [2.24, 2.45) is 11.7 Å². The second kappa shape index (κ2) is 6.72. The maximum Gasteiger partial charge on any atom is 0.235 e. The van der Waals surface area contributed by atoms with Gasteiger partial charge in [-0.3, -0.25) is 9.78 Å². The molecule has 5 nitrogen and oxygen atoms in total. The molecule has 0 spiro atoms. The third kappa shape index (κ3) is 3.83. The summed E-state index contributed by atoms with van der Waals surface area (Å²) in [4.78, 5) is 20.2. The Bertz CT molecular complexity index is 589. The van der Waals surface area contributed by atoms with Crippen LogP contribution in [0.15, 0.2) is 48.9 Å². The highest BCUT2D eigenvalue weighted by Gasteiger charge is 2.22. The van der Waals surface area contributed by atoms with E-state index in [9.17, 15) is 4.79 Å². The molecule has 0 aliphatic carbocycles. The first kappa shape index (κ1) is 14.1. The van der Waals surface area contributed by atoms with E-state index in [1.807, 2.05) is 30.3 Å². The van der Waals surface area contributed by atoms with Crippen LogP contribution >= 0.6 is 12.2 Å². The van der Waals surface area contributed by atoms with E-state index >= 15 is 0 Å². The van der Waals surface area contributed by atoms with Gasteiger partial charge in [0.25, 0.3) is 0 Å². The lowest BCUT2D eigenvalue weighted by Gasteiger charge is -2.15. The maximum atomic E-state index is 12.2. The molecule has 1 heterocycles. The molecule has 2 rings (SSSR count). The number of carbonyl (C=O) groups excluding carboxylic acids is 1. The smallest absolute Gasteiger partial charge is 0.235 e. The number of hydrogen-bond acceptors (Lipinski definition) is 4. The molecule has 0 saturated heterocycles. The Morgan fingerprint density at radius 1 is 1.30 bits per heavy atom. The van der Waals surface area contributed by atoms with Crippen molar-refractivity contribution in [2.75, 3.05) is 5.32 Å². The molecule has 20 heavy (non-hydrogen) atoms. The summed E-state index contributed by atoms with van der Waals surface area (Å²) in [6.45, 7) is 0. The zero-order chi connectivity index (χ0) is 14.4. The van der Waals surface area contributed by atoms with Crippen LogP contribution in [0.3, 0.4) is 0 Å². The molecule has 0 saturated carbocycles. The van der Waals surface area contributed by atoms with Crippen molar-refractivity contribution in [3.63, 3.8) is 0 Å². The number of thiocarbonyl (C=S) groups is 1. The Balaban J connectivity index is 2.09. The monoisotopic (exact) mass is 286 g/mol. The van der Waals surface area contributed by atoms with Crippen molar-refractivity contribution in [3.05, 3.63) is 54.5 Å². The Morgan fingerprint density at radius 3 is 2.65 bits per heavy atom. The van der Waals surface area contributed by atoms with Crippen LogP contribution in [0.25, 0.3) is 0 Å². The van der Waals surface area contributed by atoms with Gasteiger partial charge in [-0.15, -0.1) is 0 Å². The summed E-state index contributed by atoms with van der Waals surface area (Å²) in [6, 6.07) is 9.60. The highest BCUT2D eigenvalue weighted by molar-refractivity contribution is 7.80. The summed E-state index contributed by atoms with van der Waals surface area (Å²) >= 11 is 4.99. The molecule has 6 heteroatoms. The topological polar surface area (TPSA) is 80.9 Å². The van der Waals surface area contributed by atoms with Gasteiger partial charge in [0.2, 0.25) is 5.91 Å². The van der Waals surface area contributed by atoms with Crippen molar-refractivity contribution in [1.82, 2.24) is 9.97 Å². The van der Waals surface area contributed by atoms with E-state index in [4.69, 9.17) is 18.0 Å². The number of carbonyl (C=O) groups is 1. The molecular weight excluding hydrogens is 272 g/mol. The quantitative estimate of drug-likeness (QED) is 0.815. The van der Waals surface area contributed by atoms with E-state index in [-0.39, 0.29) is 10.9 Å². The highest BCUT2D eigenvalue weighted by atomic mass is 32.1. The van der Waals surface area contributed by atoms with Crippen LogP contribution in [0.5, 0.6) is 0 Å². The molecule has 1 aromatic carbocycles. The standard InChI is InChI=1S/C14H14N4OS/c15-13(20)11(8-10-4-2-1-3-5-10)14(19)18-12-9-16-6-7-17-12/h1-7,9,11H,8H2,(H2,15,20)(H,17,18,19). The summed E-state index contributed by atoms with van der Waals surface area (Å²) in [5, 5.41) is 2.66. The summed E-state index contributed by atoms with van der Waals surface area (Å²) in [6.07, 6.45) is 4.96. The Labute approximate surface area is 122 Å². The summed E-state index contributed by atoms with van der Waals surface area (Å²) in [7, 11) is 0. The Kier molecular flexibility index (Phi) is 4.73. The zero-order valence-corrected chi connectivity index (χ0v) is 11.5. The number of anilines is 1. The highest BCUT2D eigenvalue weighted by Crippen LogP contribution is 2.12. The van der Waals surface area contributed by atoms with E-state index in [0.29, 0.717) is 12.2 Å². The predicted molar refractivity (Wildman–Crippen MR) is 81.1 cm³/mol. The lowest BCUT2D eigenvalue weighted by Crippen LogP contribution is -2.35. The fourth-order valence-electron chi connectivity index (χ4n) is 1.75. The number of nitrogens with two attached hydrogens (primary N) is 1. The molecule has 0 aliphatic rings. The van der Waals surface area contributed by atoms with Gasteiger partial charge in [-0.05, 0) is 12.0 Å². The number of nitrogens with zero attached hydrogens (tertiary/aromatic N) is 2. The molecule has 1 unspecified atom stereocenters. The summed E-state index contributed by atoms with van der Waals surface area (Å²) < 4.78 is 0. The van der Waals surface area contributed by atoms with Gasteiger partial charge in [0.1, 0.15) is 0 Å². The molecule has 102 valence electrons. The molecular formula is C14H14N4OS. The third-order valence-electron chi connectivity index (χ3n) is 2.76. The normalized spacial score (nSPS) is 11.6. The number of aromatic nitrogens is 2. The average Bonchev–Trinajstić information content (AvgIpc) is 2.46. The van der Waals surface area contributed by atoms with E-state index in [1.54, 1.807) is 0 Å². The molecule has 0 aliphatic heterocycles. The number of rotatable bonds is 5. The first-order chi connectivity index (χ1) is 9.66. The van der Waals surface area contributed by atoms with E-state index in [2.05, 4.69) is 15.3 Å². The molecule has 0 fully saturated rings. The number of benzene rings is 1. The lowest BCUT2D eigenvalue weighted by molar-refractivity contribution is -0.118. The van der Waals surface area contributed by atoms with Gasteiger partial charge in [-0.25, -0.2) is 4.98 Å². The first-order valence-electron chi connectivity index (χ1n) is 6.07. The van der Waals surface area contributed by atoms with Gasteiger partial charge >= 0.3 is 0 Å². The second-order valence-corrected chi connectivity index (χ2v) is 4.70. The minimum Gasteiger partial charge on any atom is -0.393 e. The van der Waals surface area contributed by atoms with E-state index < -0.39 is 5.92 Å². The van der Waals surface area contributed by atoms with Crippen LogP contribution < -0.4 is 11.1 Å². The molecule has 0 radical (unpaired) electrons. The van der Waals surface area contributed by atoms with Crippen LogP contribution in [-0.2, 0) is 11.2 Å². The van der Waals surface area contributed by atoms with Gasteiger partial charge in [-0.2, -0.15) is 0 Å². The van der Waals surface area contributed by atoms with E-state index in [1.165, 1.54) is 18.6 Å². The van der Waals surface area contributed by atoms with Crippen LogP contribution in [0.2, 0.25) is 0 Å². The number of hydrogen-bond donors (Lipinski definition) is 2. The summed E-state index contributed by atoms with van der Waals surface area (Å²) in [5.41, 5.74) is 6.67. The molecule has 0 bridgehead atoms. The largest absolute Gasteiger partial charge is 0.393 e. The Hall–Kier alpha value is -2.34. The van der Waals surface area contributed by atoms with Crippen LogP contribution in [0.4, 0.5) is 5.82 Å². The predicted octanol–water partition coefficient (Wildman–Crippen LogP) is 1.56. The van der Waals surface area contributed by atoms with Crippen LogP contribution in [-0.4, -0.2) is 20.9 Å². The molecule has 1 amide bonds. The van der Waals surface area contributed by atoms with Gasteiger partial charge in [0.15, 0.2) is 5.82 Å². The van der Waals surface area contributed by atoms with Crippen molar-refractivity contribution >= 4 is 28.9 Å². The molecule has 1 aromatic heterocycles. The number of amides is 1. The van der Waals surface area contributed by atoms with Crippen molar-refractivity contribution in [2.45, 2.75) is 6.42 Å². The fraction of sp³-hybridized carbons (Fsp3) is 0.143. The Morgan fingerprint density at radius 2 is 2.05 bits per heavy atom. The SMILES string of the molecule is NC(=S)C(Cc1ccccc1)C(=O)Nc1cnccn1. The summed E-state index contributed by atoms with van der Waals surface area (Å²) in [5.74, 6) is -0.469. The zero-order valence-electron chi connectivity index (χ0n) is 10.7. The minimum absolute atomic E-state index is 0.162. The van der Waals surface area contributed by atoms with Gasteiger partial charge in [0, 0.05) is 12.4 Å². The van der Waals surface area contributed by atoms with Gasteiger partial charge < -0.3 is 11.1 Å². The van der Waals surface area contributed by atoms with Gasteiger partial charge in [0.05, 0.1) is 17.1 Å². The van der Waals surface area contributed by atoms with Crippen LogP contribution in [0.1, 0.15) is 5.56 Å². The van der Waals surface area contributed by atoms with Crippen molar-refractivity contribution in [3.8, 4) is 0 Å². The van der Waals surface area contributed by atoms with Crippen molar-refractivity contribution < 1.29 is 4.79 Å². The van der Waals surface area contributed by atoms with E-state index in [0.717, 1.165) is 5.56 Å². The van der Waals surface area contributed by atoms with Crippen molar-refractivity contribution in [1.29, 1.82) is 0 Å². The molecule has 3 N–H and O–H groups in total. The third-order valence-corrected chi connectivity index (χ3v) is 3.04. The lowest BCUT2D eigenvalue weighted by atomic mass is 9.98. The second-order valence-electron chi connectivity index (χ2n) is 4.22. The molecule has 1 atom stereocenters. The molecule has 2 aromatic rings. The number of nitrogens with one attached hydrogen (secondary N) is 1. The minimum atomic E-state index is -0.575. The maximum absolute atomic E-state index is 12.2. The van der Waals surface area contributed by atoms with Crippen LogP contribution in [0, 0.1) is 5.92 Å². The fourth-order valence-corrected chi connectivity index (χ4v) is 1.94. The van der Waals surface area contributed by atoms with Gasteiger partial charge in [-0.1, -0.05) is 42.5 Å². The average molecular weight is 286 g/mol.